The topological polar surface area (TPSA) is 67.6 Å². The summed E-state index contributed by atoms with van der Waals surface area (Å²) in [4.78, 5) is 4.47. The lowest BCUT2D eigenvalue weighted by molar-refractivity contribution is 0.389. The monoisotopic (exact) mass is 286 g/mol. The molecule has 0 spiro atoms. The normalized spacial score (nSPS) is 10.8. The molecule has 3 aromatic rings. The van der Waals surface area contributed by atoms with Gasteiger partial charge in [-0.3, -0.25) is 0 Å². The summed E-state index contributed by atoms with van der Waals surface area (Å²) >= 11 is 5.96. The van der Waals surface area contributed by atoms with E-state index in [2.05, 4.69) is 16.2 Å². The Balaban J connectivity index is 2.13. The Morgan fingerprint density at radius 2 is 2.25 bits per heavy atom. The van der Waals surface area contributed by atoms with E-state index in [-0.39, 0.29) is 0 Å². The molecule has 0 bridgehead atoms. The van der Waals surface area contributed by atoms with Gasteiger partial charge in [0.25, 0.3) is 0 Å². The van der Waals surface area contributed by atoms with Gasteiger partial charge < -0.3 is 9.09 Å². The van der Waals surface area contributed by atoms with Crippen molar-refractivity contribution >= 4 is 22.6 Å². The van der Waals surface area contributed by atoms with Crippen LogP contribution < -0.4 is 0 Å². The summed E-state index contributed by atoms with van der Waals surface area (Å²) in [6, 6.07) is 9.39. The molecule has 6 heteroatoms. The molecule has 100 valence electrons. The number of nitriles is 1. The molecule has 0 aliphatic rings. The molecule has 0 atom stereocenters. The fraction of sp³-hybridized carbons (Fsp3) is 0.214. The molecule has 0 N–H and O–H groups in total. The van der Waals surface area contributed by atoms with Crippen molar-refractivity contribution in [3.63, 3.8) is 0 Å². The molecule has 2 heterocycles. The number of rotatable bonds is 3. The maximum absolute atomic E-state index is 9.01. The highest BCUT2D eigenvalue weighted by Gasteiger charge is 2.12. The first-order chi connectivity index (χ1) is 9.71. The number of imidazole rings is 1. The Morgan fingerprint density at radius 3 is 2.90 bits per heavy atom. The van der Waals surface area contributed by atoms with Crippen molar-refractivity contribution in [3.8, 4) is 6.07 Å². The van der Waals surface area contributed by atoms with E-state index in [0.717, 1.165) is 28.3 Å². The fourth-order valence-electron chi connectivity index (χ4n) is 2.18. The Kier molecular flexibility index (Phi) is 3.17. The fourth-order valence-corrected chi connectivity index (χ4v) is 2.38. The third kappa shape index (κ3) is 2.15. The van der Waals surface area contributed by atoms with Crippen molar-refractivity contribution < 1.29 is 4.52 Å². The van der Waals surface area contributed by atoms with Crippen LogP contribution >= 0.6 is 11.6 Å². The van der Waals surface area contributed by atoms with Crippen molar-refractivity contribution in [2.45, 2.75) is 19.3 Å². The van der Waals surface area contributed by atoms with E-state index in [9.17, 15) is 0 Å². The molecule has 0 aliphatic carbocycles. The molecule has 0 amide bonds. The summed E-state index contributed by atoms with van der Waals surface area (Å²) in [5.74, 6) is 1.81. The second-order valence-corrected chi connectivity index (χ2v) is 4.76. The molecule has 1 aromatic carbocycles. The standard InChI is InChI=1S/C14H11ClN4O/c1-9-4-11(18-20-9)8-19-13-5-10(7-16)2-3-12(13)17-14(19)6-15/h2-5H,6,8H2,1H3. The Labute approximate surface area is 120 Å². The average molecular weight is 287 g/mol. The first-order valence-electron chi connectivity index (χ1n) is 6.08. The molecule has 3 rings (SSSR count). The molecule has 5 nitrogen and oxygen atoms in total. The first-order valence-corrected chi connectivity index (χ1v) is 6.62. The largest absolute Gasteiger partial charge is 0.361 e. The summed E-state index contributed by atoms with van der Waals surface area (Å²) in [6.45, 7) is 2.36. The van der Waals surface area contributed by atoms with Gasteiger partial charge in [-0.05, 0) is 25.1 Å². The highest BCUT2D eigenvalue weighted by atomic mass is 35.5. The van der Waals surface area contributed by atoms with Crippen LogP contribution in [0.1, 0.15) is 22.8 Å². The zero-order valence-corrected chi connectivity index (χ0v) is 11.6. The summed E-state index contributed by atoms with van der Waals surface area (Å²) < 4.78 is 7.03. The number of hydrogen-bond donors (Lipinski definition) is 0. The highest BCUT2D eigenvalue weighted by Crippen LogP contribution is 2.20. The lowest BCUT2D eigenvalue weighted by atomic mass is 10.2. The van der Waals surface area contributed by atoms with Crippen molar-refractivity contribution in [2.75, 3.05) is 0 Å². The SMILES string of the molecule is Cc1cc(Cn2c(CCl)nc3ccc(C#N)cc32)no1. The molecule has 0 fully saturated rings. The van der Waals surface area contributed by atoms with Crippen LogP contribution in [-0.2, 0) is 12.4 Å². The Morgan fingerprint density at radius 1 is 1.40 bits per heavy atom. The summed E-state index contributed by atoms with van der Waals surface area (Å²) in [5.41, 5.74) is 3.09. The molecule has 0 saturated carbocycles. The highest BCUT2D eigenvalue weighted by molar-refractivity contribution is 6.16. The van der Waals surface area contributed by atoms with E-state index in [1.807, 2.05) is 29.7 Å². The van der Waals surface area contributed by atoms with Gasteiger partial charge in [0, 0.05) is 6.07 Å². The van der Waals surface area contributed by atoms with Crippen LogP contribution in [0, 0.1) is 18.3 Å². The van der Waals surface area contributed by atoms with Crippen molar-refractivity contribution in [3.05, 3.63) is 47.1 Å². The van der Waals surface area contributed by atoms with Gasteiger partial charge in [0.2, 0.25) is 0 Å². The molecule has 0 saturated heterocycles. The molecule has 0 radical (unpaired) electrons. The average Bonchev–Trinajstić information content (AvgIpc) is 3.03. The lowest BCUT2D eigenvalue weighted by Gasteiger charge is -2.04. The number of hydrogen-bond acceptors (Lipinski definition) is 4. The molecular weight excluding hydrogens is 276 g/mol. The van der Waals surface area contributed by atoms with Crippen LogP contribution in [0.4, 0.5) is 0 Å². The number of aromatic nitrogens is 3. The van der Waals surface area contributed by atoms with Crippen LogP contribution in [-0.4, -0.2) is 14.7 Å². The van der Waals surface area contributed by atoms with Crippen LogP contribution in [0.3, 0.4) is 0 Å². The smallest absolute Gasteiger partial charge is 0.133 e. The van der Waals surface area contributed by atoms with Gasteiger partial charge in [-0.15, -0.1) is 11.6 Å². The number of aryl methyl sites for hydroxylation is 1. The zero-order valence-electron chi connectivity index (χ0n) is 10.8. The van der Waals surface area contributed by atoms with Gasteiger partial charge in [-0.1, -0.05) is 5.16 Å². The molecule has 20 heavy (non-hydrogen) atoms. The van der Waals surface area contributed by atoms with Crippen molar-refractivity contribution in [2.24, 2.45) is 0 Å². The molecule has 0 unspecified atom stereocenters. The van der Waals surface area contributed by atoms with Gasteiger partial charge in [-0.25, -0.2) is 4.98 Å². The van der Waals surface area contributed by atoms with Gasteiger partial charge in [0.1, 0.15) is 17.3 Å². The maximum Gasteiger partial charge on any atom is 0.133 e. The van der Waals surface area contributed by atoms with Gasteiger partial charge in [-0.2, -0.15) is 5.26 Å². The number of halogens is 1. The zero-order chi connectivity index (χ0) is 14.1. The molecular formula is C14H11ClN4O. The van der Waals surface area contributed by atoms with Crippen LogP contribution in [0.2, 0.25) is 0 Å². The number of nitrogens with zero attached hydrogens (tertiary/aromatic N) is 4. The van der Waals surface area contributed by atoms with Crippen molar-refractivity contribution in [1.82, 2.24) is 14.7 Å². The van der Waals surface area contributed by atoms with E-state index < -0.39 is 0 Å². The van der Waals surface area contributed by atoms with Crippen LogP contribution in [0.15, 0.2) is 28.8 Å². The minimum Gasteiger partial charge on any atom is -0.361 e. The van der Waals surface area contributed by atoms with Crippen LogP contribution in [0.5, 0.6) is 0 Å². The third-order valence-electron chi connectivity index (χ3n) is 3.07. The number of alkyl halides is 1. The minimum absolute atomic E-state index is 0.299. The molecule has 0 aliphatic heterocycles. The number of fused-ring (bicyclic) bond motifs is 1. The Bertz CT molecular complexity index is 812. The first kappa shape index (κ1) is 12.7. The van der Waals surface area contributed by atoms with Gasteiger partial charge in [0.15, 0.2) is 0 Å². The number of benzene rings is 1. The Hall–Kier alpha value is -2.32. The minimum atomic E-state index is 0.299. The third-order valence-corrected chi connectivity index (χ3v) is 3.31. The van der Waals surface area contributed by atoms with E-state index in [4.69, 9.17) is 21.4 Å². The lowest BCUT2D eigenvalue weighted by Crippen LogP contribution is -2.04. The van der Waals surface area contributed by atoms with E-state index >= 15 is 0 Å². The molecule has 2 aromatic heterocycles. The van der Waals surface area contributed by atoms with Gasteiger partial charge >= 0.3 is 0 Å². The van der Waals surface area contributed by atoms with Crippen LogP contribution in [0.25, 0.3) is 11.0 Å². The predicted molar refractivity (Wildman–Crippen MR) is 74.3 cm³/mol. The van der Waals surface area contributed by atoms with Gasteiger partial charge in [0.05, 0.1) is 35.1 Å². The summed E-state index contributed by atoms with van der Waals surface area (Å²) in [5, 5.41) is 13.0. The predicted octanol–water partition coefficient (Wildman–Crippen LogP) is 2.99. The summed E-state index contributed by atoms with van der Waals surface area (Å²) in [7, 11) is 0. The van der Waals surface area contributed by atoms with E-state index in [1.165, 1.54) is 0 Å². The van der Waals surface area contributed by atoms with E-state index in [0.29, 0.717) is 18.0 Å². The van der Waals surface area contributed by atoms with Crippen molar-refractivity contribution in [1.29, 1.82) is 5.26 Å². The summed E-state index contributed by atoms with van der Waals surface area (Å²) in [6.07, 6.45) is 0. The second kappa shape index (κ2) is 4.99. The second-order valence-electron chi connectivity index (χ2n) is 4.49. The van der Waals surface area contributed by atoms with E-state index in [1.54, 1.807) is 6.07 Å². The quantitative estimate of drug-likeness (QED) is 0.694. The maximum atomic E-state index is 9.01.